The number of nitrogens with zero attached hydrogens (tertiary/aromatic N) is 3. The first kappa shape index (κ1) is 20.0. The summed E-state index contributed by atoms with van der Waals surface area (Å²) in [5.41, 5.74) is 1.96. The van der Waals surface area contributed by atoms with Crippen LogP contribution in [0.3, 0.4) is 0 Å². The van der Waals surface area contributed by atoms with Crippen LogP contribution in [0.4, 0.5) is 11.5 Å². The minimum atomic E-state index is -0.0135. The molecule has 0 spiro atoms. The number of carbonyl (C=O) groups excluding carboxylic acids is 1. The fourth-order valence-corrected chi connectivity index (χ4v) is 4.35. The number of amides is 1. The van der Waals surface area contributed by atoms with Crippen molar-refractivity contribution in [2.24, 2.45) is 0 Å². The van der Waals surface area contributed by atoms with Crippen molar-refractivity contribution in [3.8, 4) is 0 Å². The van der Waals surface area contributed by atoms with Crippen LogP contribution in [0.25, 0.3) is 10.2 Å². The van der Waals surface area contributed by atoms with Gasteiger partial charge in [0.15, 0.2) is 0 Å². The van der Waals surface area contributed by atoms with E-state index in [-0.39, 0.29) is 12.5 Å². The number of thiophene rings is 1. The molecule has 0 aliphatic heterocycles. The van der Waals surface area contributed by atoms with E-state index in [0.717, 1.165) is 33.7 Å². The molecule has 2 aromatic carbocycles. The zero-order valence-electron chi connectivity index (χ0n) is 17.1. The number of fused-ring (bicyclic) bond motifs is 1. The highest BCUT2D eigenvalue weighted by atomic mass is 32.1. The Bertz CT molecular complexity index is 1140. The average molecular weight is 417 g/mol. The highest BCUT2D eigenvalue weighted by Gasteiger charge is 2.17. The maximum Gasteiger partial charge on any atom is 0.246 e. The van der Waals surface area contributed by atoms with Crippen molar-refractivity contribution in [3.05, 3.63) is 83.0 Å². The summed E-state index contributed by atoms with van der Waals surface area (Å²) in [5, 5.41) is 4.24. The van der Waals surface area contributed by atoms with Gasteiger partial charge in [-0.25, -0.2) is 9.97 Å². The van der Waals surface area contributed by atoms with Crippen molar-refractivity contribution in [2.75, 3.05) is 16.8 Å². The second-order valence-electron chi connectivity index (χ2n) is 7.06. The normalized spacial score (nSPS) is 10.9. The highest BCUT2D eigenvalue weighted by molar-refractivity contribution is 7.18. The molecule has 152 valence electrons. The third kappa shape index (κ3) is 4.49. The molecule has 0 fully saturated rings. The van der Waals surface area contributed by atoms with Crippen LogP contribution in [-0.2, 0) is 17.8 Å². The second-order valence-corrected chi connectivity index (χ2v) is 8.17. The van der Waals surface area contributed by atoms with Gasteiger partial charge in [0.2, 0.25) is 5.91 Å². The Kier molecular flexibility index (Phi) is 6.05. The Hall–Kier alpha value is -3.25. The Morgan fingerprint density at radius 3 is 2.43 bits per heavy atom. The van der Waals surface area contributed by atoms with Gasteiger partial charge < -0.3 is 10.2 Å². The molecule has 1 N–H and O–H groups in total. The molecule has 0 radical (unpaired) electrons. The fraction of sp³-hybridized carbons (Fsp3) is 0.208. The summed E-state index contributed by atoms with van der Waals surface area (Å²) in [7, 11) is 0. The minimum absolute atomic E-state index is 0.0135. The lowest BCUT2D eigenvalue weighted by atomic mass is 10.2. The molecule has 1 amide bonds. The molecule has 0 unspecified atom stereocenters. The van der Waals surface area contributed by atoms with Gasteiger partial charge in [0, 0.05) is 10.6 Å². The van der Waals surface area contributed by atoms with Gasteiger partial charge in [-0.05, 0) is 37.1 Å². The van der Waals surface area contributed by atoms with Gasteiger partial charge in [0.25, 0.3) is 0 Å². The van der Waals surface area contributed by atoms with Gasteiger partial charge in [-0.3, -0.25) is 4.79 Å². The van der Waals surface area contributed by atoms with Crippen molar-refractivity contribution < 1.29 is 4.79 Å². The van der Waals surface area contributed by atoms with Crippen LogP contribution in [0.15, 0.2) is 66.7 Å². The molecule has 0 aliphatic carbocycles. The van der Waals surface area contributed by atoms with Crippen molar-refractivity contribution in [1.29, 1.82) is 0 Å². The van der Waals surface area contributed by atoms with E-state index in [4.69, 9.17) is 0 Å². The van der Waals surface area contributed by atoms with Crippen LogP contribution in [0.1, 0.15) is 23.2 Å². The lowest BCUT2D eigenvalue weighted by molar-refractivity contribution is -0.117. The number of carbonyl (C=O) groups is 1. The Balaban J connectivity index is 1.57. The Labute approximate surface area is 180 Å². The van der Waals surface area contributed by atoms with Crippen molar-refractivity contribution in [2.45, 2.75) is 26.8 Å². The summed E-state index contributed by atoms with van der Waals surface area (Å²) >= 11 is 1.68. The van der Waals surface area contributed by atoms with Gasteiger partial charge in [-0.1, -0.05) is 55.5 Å². The number of hydrogen-bond donors (Lipinski definition) is 1. The molecule has 30 heavy (non-hydrogen) atoms. The van der Waals surface area contributed by atoms with E-state index < -0.39 is 0 Å². The molecule has 5 nitrogen and oxygen atoms in total. The van der Waals surface area contributed by atoms with E-state index in [0.29, 0.717) is 12.4 Å². The van der Waals surface area contributed by atoms with E-state index in [1.165, 1.54) is 4.88 Å². The van der Waals surface area contributed by atoms with Crippen LogP contribution >= 0.6 is 11.3 Å². The number of hydrogen-bond acceptors (Lipinski definition) is 5. The first-order valence-electron chi connectivity index (χ1n) is 10.0. The van der Waals surface area contributed by atoms with E-state index in [2.05, 4.69) is 28.3 Å². The van der Waals surface area contributed by atoms with E-state index in [1.54, 1.807) is 16.2 Å². The lowest BCUT2D eigenvalue weighted by Crippen LogP contribution is -2.35. The zero-order chi connectivity index (χ0) is 20.9. The van der Waals surface area contributed by atoms with Gasteiger partial charge >= 0.3 is 0 Å². The average Bonchev–Trinajstić information content (AvgIpc) is 3.20. The van der Waals surface area contributed by atoms with Crippen LogP contribution in [0, 0.1) is 6.92 Å². The van der Waals surface area contributed by atoms with Gasteiger partial charge in [0.1, 0.15) is 16.5 Å². The number of benzene rings is 2. The standard InChI is InChI=1S/C24H24N4OS/c1-3-20-14-21-23(26-17(2)27-24(21)30-20)25-15-22(29)28(19-12-8-5-9-13-19)16-18-10-6-4-7-11-18/h4-14H,3,15-16H2,1-2H3,(H,25,26,27). The summed E-state index contributed by atoms with van der Waals surface area (Å²) in [5.74, 6) is 1.40. The maximum absolute atomic E-state index is 13.2. The minimum Gasteiger partial charge on any atom is -0.360 e. The van der Waals surface area contributed by atoms with E-state index in [1.807, 2.05) is 67.6 Å². The SMILES string of the molecule is CCc1cc2c(NCC(=O)N(Cc3ccccc3)c3ccccc3)nc(C)nc2s1. The molecule has 2 heterocycles. The third-order valence-electron chi connectivity index (χ3n) is 4.86. The van der Waals surface area contributed by atoms with Crippen molar-refractivity contribution >= 4 is 39.0 Å². The first-order chi connectivity index (χ1) is 14.6. The maximum atomic E-state index is 13.2. The molecule has 0 aliphatic rings. The Morgan fingerprint density at radius 2 is 1.73 bits per heavy atom. The number of nitrogens with one attached hydrogen (secondary N) is 1. The molecule has 0 bridgehead atoms. The number of anilines is 2. The number of rotatable bonds is 7. The summed E-state index contributed by atoms with van der Waals surface area (Å²) in [6.07, 6.45) is 0.956. The van der Waals surface area contributed by atoms with E-state index in [9.17, 15) is 4.79 Å². The molecule has 4 aromatic rings. The predicted octanol–water partition coefficient (Wildman–Crippen LogP) is 5.21. The zero-order valence-corrected chi connectivity index (χ0v) is 17.9. The predicted molar refractivity (Wildman–Crippen MR) is 124 cm³/mol. The Morgan fingerprint density at radius 1 is 1.03 bits per heavy atom. The summed E-state index contributed by atoms with van der Waals surface area (Å²) < 4.78 is 0. The molecule has 0 saturated heterocycles. The van der Waals surface area contributed by atoms with Crippen LogP contribution in [0.2, 0.25) is 0 Å². The summed E-state index contributed by atoms with van der Waals surface area (Å²) in [6, 6.07) is 21.9. The largest absolute Gasteiger partial charge is 0.360 e. The molecular formula is C24H24N4OS. The first-order valence-corrected chi connectivity index (χ1v) is 10.9. The monoisotopic (exact) mass is 416 g/mol. The van der Waals surface area contributed by atoms with Gasteiger partial charge in [0.05, 0.1) is 18.5 Å². The quantitative estimate of drug-likeness (QED) is 0.449. The van der Waals surface area contributed by atoms with Gasteiger partial charge in [-0.15, -0.1) is 11.3 Å². The fourth-order valence-electron chi connectivity index (χ4n) is 3.34. The molecule has 0 saturated carbocycles. The van der Waals surface area contributed by atoms with Crippen LogP contribution < -0.4 is 10.2 Å². The number of aryl methyl sites for hydroxylation is 2. The molecule has 6 heteroatoms. The highest BCUT2D eigenvalue weighted by Crippen LogP contribution is 2.29. The van der Waals surface area contributed by atoms with Gasteiger partial charge in [-0.2, -0.15) is 0 Å². The van der Waals surface area contributed by atoms with Crippen molar-refractivity contribution in [3.63, 3.8) is 0 Å². The van der Waals surface area contributed by atoms with Crippen molar-refractivity contribution in [1.82, 2.24) is 9.97 Å². The summed E-state index contributed by atoms with van der Waals surface area (Å²) in [4.78, 5) is 26.3. The second kappa shape index (κ2) is 9.05. The number of aromatic nitrogens is 2. The molecule has 0 atom stereocenters. The number of para-hydroxylation sites is 1. The summed E-state index contributed by atoms with van der Waals surface area (Å²) in [6.45, 7) is 4.68. The topological polar surface area (TPSA) is 58.1 Å². The lowest BCUT2D eigenvalue weighted by Gasteiger charge is -2.23. The molecule has 2 aromatic heterocycles. The smallest absolute Gasteiger partial charge is 0.246 e. The van der Waals surface area contributed by atoms with Crippen LogP contribution in [-0.4, -0.2) is 22.4 Å². The third-order valence-corrected chi connectivity index (χ3v) is 6.04. The van der Waals surface area contributed by atoms with E-state index >= 15 is 0 Å². The molecular weight excluding hydrogens is 392 g/mol. The molecule has 4 rings (SSSR count). The van der Waals surface area contributed by atoms with Crippen LogP contribution in [0.5, 0.6) is 0 Å².